The molecular formula is C42H52N4O. The van der Waals surface area contributed by atoms with Crippen LogP contribution in [0.4, 0.5) is 0 Å². The summed E-state index contributed by atoms with van der Waals surface area (Å²) >= 11 is 0. The van der Waals surface area contributed by atoms with Gasteiger partial charge >= 0.3 is 0 Å². The maximum Gasteiger partial charge on any atom is 0.0681 e. The van der Waals surface area contributed by atoms with Crippen molar-refractivity contribution in [1.29, 1.82) is 0 Å². The fraction of sp³-hybridized carbons (Fsp3) is 0.381. The summed E-state index contributed by atoms with van der Waals surface area (Å²) in [6.07, 6.45) is 13.8. The van der Waals surface area contributed by atoms with Gasteiger partial charge in [0.15, 0.2) is 0 Å². The summed E-state index contributed by atoms with van der Waals surface area (Å²) in [7, 11) is 0. The number of benzene rings is 1. The molecule has 5 heterocycles. The minimum absolute atomic E-state index is 0.0368. The second-order valence-electron chi connectivity index (χ2n) is 13.2. The number of hydrogen-bond donors (Lipinski definition) is 5. The molecule has 1 aliphatic rings. The van der Waals surface area contributed by atoms with E-state index in [0.717, 1.165) is 70.9 Å². The summed E-state index contributed by atoms with van der Waals surface area (Å²) in [6.45, 7) is 6.85. The highest BCUT2D eigenvalue weighted by Gasteiger charge is 2.16. The van der Waals surface area contributed by atoms with Gasteiger partial charge in [0.2, 0.25) is 0 Å². The van der Waals surface area contributed by atoms with Crippen LogP contribution in [-0.4, -0.2) is 25.0 Å². The van der Waals surface area contributed by atoms with E-state index in [-0.39, 0.29) is 6.61 Å². The Morgan fingerprint density at radius 2 is 0.830 bits per heavy atom. The second kappa shape index (κ2) is 15.6. The second-order valence-corrected chi connectivity index (χ2v) is 13.2. The minimum atomic E-state index is 0.0368. The molecule has 5 N–H and O–H groups in total. The van der Waals surface area contributed by atoms with Crippen molar-refractivity contribution in [3.8, 4) is 0 Å². The third-order valence-corrected chi connectivity index (χ3v) is 9.75. The Morgan fingerprint density at radius 1 is 0.426 bits per heavy atom. The maximum atomic E-state index is 9.75. The summed E-state index contributed by atoms with van der Waals surface area (Å²) in [6, 6.07) is 26.4. The zero-order chi connectivity index (χ0) is 32.6. The van der Waals surface area contributed by atoms with Crippen LogP contribution in [0, 0.1) is 0 Å². The summed E-state index contributed by atoms with van der Waals surface area (Å²) in [5, 5.41) is 14.4. The molecule has 4 aromatic heterocycles. The van der Waals surface area contributed by atoms with E-state index < -0.39 is 0 Å². The minimum Gasteiger partial charge on any atom is -0.392 e. The van der Waals surface area contributed by atoms with Gasteiger partial charge in [-0.25, -0.2) is 0 Å². The van der Waals surface area contributed by atoms with Gasteiger partial charge in [-0.3, -0.25) is 0 Å². The quantitative estimate of drug-likeness (QED) is 0.0817. The molecule has 8 bridgehead atoms. The van der Waals surface area contributed by atoms with Gasteiger partial charge in [0, 0.05) is 49.7 Å². The highest BCUT2D eigenvalue weighted by atomic mass is 16.3. The van der Waals surface area contributed by atoms with Gasteiger partial charge in [-0.05, 0) is 115 Å². The van der Waals surface area contributed by atoms with Crippen LogP contribution in [0.2, 0.25) is 0 Å². The molecule has 0 spiro atoms. The average molecular weight is 629 g/mol. The largest absolute Gasteiger partial charge is 0.392 e. The summed E-state index contributed by atoms with van der Waals surface area (Å²) in [4.78, 5) is 15.5. The van der Waals surface area contributed by atoms with E-state index in [0.29, 0.717) is 0 Å². The van der Waals surface area contributed by atoms with E-state index in [9.17, 15) is 5.11 Å². The highest BCUT2D eigenvalue weighted by Crippen LogP contribution is 2.26. The van der Waals surface area contributed by atoms with Crippen molar-refractivity contribution in [2.45, 2.75) is 104 Å². The van der Waals surface area contributed by atoms with Crippen LogP contribution in [0.5, 0.6) is 0 Å². The topological polar surface area (TPSA) is 83.4 Å². The zero-order valence-corrected chi connectivity index (χ0v) is 28.6. The lowest BCUT2D eigenvalue weighted by molar-refractivity contribution is 0.282. The molecule has 0 amide bonds. The maximum absolute atomic E-state index is 9.75. The molecule has 0 saturated carbocycles. The SMILES string of the molecule is CCCCCC1=c2ccc([nH]2)=C(CCCCC)c2ccc([nH]2)C(c2ccc(CO)cc2)=c2ccc([nH]2)=C(CCCCC)c2ccc1[nH]2. The molecule has 1 aromatic carbocycles. The van der Waals surface area contributed by atoms with Crippen LogP contribution >= 0.6 is 0 Å². The number of aromatic amines is 4. The van der Waals surface area contributed by atoms with E-state index >= 15 is 0 Å². The van der Waals surface area contributed by atoms with Crippen LogP contribution < -0.4 is 21.4 Å². The van der Waals surface area contributed by atoms with Crippen LogP contribution in [0.3, 0.4) is 0 Å². The first-order chi connectivity index (χ1) is 23.1. The standard InChI is InChI=1S/C42H52N4O/c1-4-7-10-13-31-34-20-22-36(43-34)32(14-11-8-5-2)38-24-26-40(45-38)42(30-18-16-29(28-47)17-19-30)41-27-25-39(46-41)33(15-12-9-6-3)37-23-21-35(31)44-37/h16-27,43-47H,4-15,28H2,1-3H3. The fourth-order valence-corrected chi connectivity index (χ4v) is 7.06. The molecule has 6 rings (SSSR count). The van der Waals surface area contributed by atoms with Crippen molar-refractivity contribution in [2.75, 3.05) is 0 Å². The van der Waals surface area contributed by atoms with Crippen LogP contribution in [-0.2, 0) is 6.61 Å². The number of unbranched alkanes of at least 4 members (excludes halogenated alkanes) is 6. The highest BCUT2D eigenvalue weighted by molar-refractivity contribution is 5.79. The number of aliphatic hydroxyl groups is 1. The van der Waals surface area contributed by atoms with Crippen molar-refractivity contribution in [1.82, 2.24) is 19.9 Å². The molecule has 1 aliphatic heterocycles. The van der Waals surface area contributed by atoms with E-state index in [1.165, 1.54) is 83.8 Å². The van der Waals surface area contributed by atoms with E-state index in [2.05, 4.69) is 101 Å². The number of hydrogen-bond acceptors (Lipinski definition) is 1. The molecule has 0 unspecified atom stereocenters. The zero-order valence-electron chi connectivity index (χ0n) is 28.6. The third kappa shape index (κ3) is 7.36. The lowest BCUT2D eigenvalue weighted by atomic mass is 10.0. The van der Waals surface area contributed by atoms with Crippen LogP contribution in [0.15, 0.2) is 72.8 Å². The Morgan fingerprint density at radius 3 is 1.28 bits per heavy atom. The smallest absolute Gasteiger partial charge is 0.0681 e. The van der Waals surface area contributed by atoms with Gasteiger partial charge < -0.3 is 25.0 Å². The van der Waals surface area contributed by atoms with Crippen molar-refractivity contribution in [2.24, 2.45) is 0 Å². The van der Waals surface area contributed by atoms with Crippen molar-refractivity contribution in [3.05, 3.63) is 128 Å². The van der Waals surface area contributed by atoms with E-state index in [1.54, 1.807) is 0 Å². The number of fused-ring (bicyclic) bond motifs is 8. The van der Waals surface area contributed by atoms with Gasteiger partial charge in [-0.1, -0.05) is 83.6 Å². The van der Waals surface area contributed by atoms with Gasteiger partial charge in [-0.2, -0.15) is 0 Å². The Labute approximate surface area is 279 Å². The molecule has 0 aliphatic carbocycles. The molecule has 0 radical (unpaired) electrons. The van der Waals surface area contributed by atoms with E-state index in [4.69, 9.17) is 0 Å². The molecule has 5 nitrogen and oxygen atoms in total. The summed E-state index contributed by atoms with van der Waals surface area (Å²) in [5.41, 5.74) is 11.8. The molecule has 47 heavy (non-hydrogen) atoms. The Balaban J connectivity index is 1.64. The predicted octanol–water partition coefficient (Wildman–Crippen LogP) is 7.39. The van der Waals surface area contributed by atoms with Gasteiger partial charge in [0.25, 0.3) is 0 Å². The van der Waals surface area contributed by atoms with E-state index in [1.807, 2.05) is 12.1 Å². The number of rotatable bonds is 14. The first-order valence-corrected chi connectivity index (χ1v) is 18.1. The third-order valence-electron chi connectivity index (χ3n) is 9.75. The Kier molecular flexibility index (Phi) is 10.8. The van der Waals surface area contributed by atoms with Crippen LogP contribution in [0.1, 0.15) is 132 Å². The average Bonchev–Trinajstić information content (AvgIpc) is 3.93. The number of aromatic nitrogens is 4. The van der Waals surface area contributed by atoms with Crippen molar-refractivity contribution >= 4 is 22.3 Å². The molecule has 246 valence electrons. The van der Waals surface area contributed by atoms with Crippen LogP contribution in [0.25, 0.3) is 22.3 Å². The van der Waals surface area contributed by atoms with Crippen molar-refractivity contribution < 1.29 is 5.11 Å². The van der Waals surface area contributed by atoms with Gasteiger partial charge in [-0.15, -0.1) is 0 Å². The number of aliphatic hydroxyl groups excluding tert-OH is 1. The molecule has 0 saturated heterocycles. The lowest BCUT2D eigenvalue weighted by Crippen LogP contribution is -2.18. The molecule has 0 atom stereocenters. The predicted molar refractivity (Wildman–Crippen MR) is 196 cm³/mol. The Bertz CT molecular complexity index is 2010. The van der Waals surface area contributed by atoms with Crippen molar-refractivity contribution in [3.63, 3.8) is 0 Å². The molecule has 0 fully saturated rings. The van der Waals surface area contributed by atoms with Gasteiger partial charge in [0.1, 0.15) is 0 Å². The summed E-state index contributed by atoms with van der Waals surface area (Å²) < 4.78 is 0. The fourth-order valence-electron chi connectivity index (χ4n) is 7.06. The summed E-state index contributed by atoms with van der Waals surface area (Å²) in [5.74, 6) is 0. The number of nitrogens with one attached hydrogen (secondary N) is 4. The monoisotopic (exact) mass is 628 g/mol. The first-order valence-electron chi connectivity index (χ1n) is 18.1. The Hall–Kier alpha value is -4.22. The molecule has 5 aromatic rings. The normalized spacial score (nSPS) is 13.2. The first kappa shape index (κ1) is 32.7. The van der Waals surface area contributed by atoms with Gasteiger partial charge in [0.05, 0.1) is 6.61 Å². The molecular weight excluding hydrogens is 576 g/mol. The lowest BCUT2D eigenvalue weighted by Gasteiger charge is -2.09. The molecule has 5 heteroatoms. The number of H-pyrrole nitrogens is 4.